The second kappa shape index (κ2) is 6.50. The molecule has 5 nitrogen and oxygen atoms in total. The van der Waals surface area contributed by atoms with Gasteiger partial charge in [0.15, 0.2) is 0 Å². The molecular weight excluding hydrogens is 336 g/mol. The predicted molar refractivity (Wildman–Crippen MR) is 108 cm³/mol. The normalized spacial score (nSPS) is 11.3. The van der Waals surface area contributed by atoms with Gasteiger partial charge in [-0.1, -0.05) is 30.3 Å². The Balaban J connectivity index is 1.91. The van der Waals surface area contributed by atoms with Gasteiger partial charge >= 0.3 is 0 Å². The van der Waals surface area contributed by atoms with E-state index in [9.17, 15) is 4.79 Å². The summed E-state index contributed by atoms with van der Waals surface area (Å²) in [6.45, 7) is 8.55. The van der Waals surface area contributed by atoms with Crippen LogP contribution in [0.25, 0.3) is 16.6 Å². The molecule has 2 heterocycles. The van der Waals surface area contributed by atoms with Gasteiger partial charge in [-0.05, 0) is 62.1 Å². The minimum atomic E-state index is -0.130. The van der Waals surface area contributed by atoms with Crippen LogP contribution in [0.3, 0.4) is 0 Å². The Morgan fingerprint density at radius 2 is 1.70 bits per heavy atom. The number of aromatic nitrogens is 4. The van der Waals surface area contributed by atoms with Crippen LogP contribution in [-0.2, 0) is 6.54 Å². The monoisotopic (exact) mass is 358 g/mol. The molecule has 27 heavy (non-hydrogen) atoms. The number of hydrogen-bond acceptors (Lipinski definition) is 3. The van der Waals surface area contributed by atoms with Gasteiger partial charge in [-0.2, -0.15) is 10.2 Å². The Morgan fingerprint density at radius 3 is 2.44 bits per heavy atom. The third-order valence-electron chi connectivity index (χ3n) is 5.18. The van der Waals surface area contributed by atoms with Gasteiger partial charge in [-0.15, -0.1) is 0 Å². The van der Waals surface area contributed by atoms with Crippen molar-refractivity contribution >= 4 is 10.9 Å². The van der Waals surface area contributed by atoms with E-state index in [4.69, 9.17) is 0 Å². The highest BCUT2D eigenvalue weighted by atomic mass is 16.1. The molecule has 0 amide bonds. The molecule has 2 aromatic carbocycles. The van der Waals surface area contributed by atoms with Crippen molar-refractivity contribution in [3.05, 3.63) is 87.0 Å². The van der Waals surface area contributed by atoms with Crippen molar-refractivity contribution in [1.82, 2.24) is 19.6 Å². The first-order chi connectivity index (χ1) is 13.0. The molecule has 4 rings (SSSR count). The van der Waals surface area contributed by atoms with Crippen LogP contribution in [0, 0.1) is 27.7 Å². The molecule has 136 valence electrons. The first kappa shape index (κ1) is 17.2. The maximum absolute atomic E-state index is 13.2. The van der Waals surface area contributed by atoms with E-state index >= 15 is 0 Å². The molecule has 0 spiro atoms. The first-order valence-electron chi connectivity index (χ1n) is 9.03. The van der Waals surface area contributed by atoms with Gasteiger partial charge in [0.1, 0.15) is 5.52 Å². The number of fused-ring (bicyclic) bond motifs is 1. The Morgan fingerprint density at radius 1 is 0.926 bits per heavy atom. The fourth-order valence-corrected chi connectivity index (χ4v) is 3.33. The number of nitrogens with zero attached hydrogens (tertiary/aromatic N) is 4. The summed E-state index contributed by atoms with van der Waals surface area (Å²) in [6.07, 6.45) is 1.73. The maximum Gasteiger partial charge on any atom is 0.293 e. The second-order valence-electron chi connectivity index (χ2n) is 7.06. The van der Waals surface area contributed by atoms with Crippen molar-refractivity contribution in [2.24, 2.45) is 0 Å². The lowest BCUT2D eigenvalue weighted by Gasteiger charge is -2.11. The van der Waals surface area contributed by atoms with Crippen molar-refractivity contribution in [1.29, 1.82) is 0 Å². The summed E-state index contributed by atoms with van der Waals surface area (Å²) >= 11 is 0. The average molecular weight is 358 g/mol. The van der Waals surface area contributed by atoms with E-state index in [0.29, 0.717) is 12.1 Å². The molecule has 0 N–H and O–H groups in total. The van der Waals surface area contributed by atoms with Crippen LogP contribution in [0.2, 0.25) is 0 Å². The summed E-state index contributed by atoms with van der Waals surface area (Å²) < 4.78 is 3.27. The Kier molecular flexibility index (Phi) is 4.15. The Labute approximate surface area is 157 Å². The summed E-state index contributed by atoms with van der Waals surface area (Å²) in [7, 11) is 0. The van der Waals surface area contributed by atoms with E-state index in [1.165, 1.54) is 11.1 Å². The first-order valence-corrected chi connectivity index (χ1v) is 9.03. The summed E-state index contributed by atoms with van der Waals surface area (Å²) in [5, 5.41) is 9.80. The van der Waals surface area contributed by atoms with E-state index in [1.807, 2.05) is 44.2 Å². The van der Waals surface area contributed by atoms with Crippen molar-refractivity contribution in [3.63, 3.8) is 0 Å². The molecular formula is C22H22N4O. The molecule has 0 aliphatic carbocycles. The maximum atomic E-state index is 13.2. The van der Waals surface area contributed by atoms with Gasteiger partial charge < -0.3 is 0 Å². The highest BCUT2D eigenvalue weighted by molar-refractivity contribution is 5.81. The van der Waals surface area contributed by atoms with Crippen molar-refractivity contribution in [2.45, 2.75) is 34.2 Å². The van der Waals surface area contributed by atoms with E-state index in [2.05, 4.69) is 36.2 Å². The highest BCUT2D eigenvalue weighted by Gasteiger charge is 2.16. The van der Waals surface area contributed by atoms with Crippen LogP contribution in [0.15, 0.2) is 53.5 Å². The molecule has 4 aromatic rings. The second-order valence-corrected chi connectivity index (χ2v) is 7.06. The number of aryl methyl sites for hydroxylation is 4. The summed E-state index contributed by atoms with van der Waals surface area (Å²) in [4.78, 5) is 13.2. The van der Waals surface area contributed by atoms with Crippen molar-refractivity contribution < 1.29 is 0 Å². The van der Waals surface area contributed by atoms with Crippen LogP contribution in [-0.4, -0.2) is 19.6 Å². The van der Waals surface area contributed by atoms with Crippen LogP contribution in [0.5, 0.6) is 0 Å². The highest BCUT2D eigenvalue weighted by Crippen LogP contribution is 2.20. The summed E-state index contributed by atoms with van der Waals surface area (Å²) in [5.41, 5.74) is 6.74. The molecule has 5 heteroatoms. The van der Waals surface area contributed by atoms with E-state index in [0.717, 1.165) is 27.9 Å². The largest absolute Gasteiger partial charge is 0.293 e. The SMILES string of the molecule is Cc1ccc(-n2ncc3c(C)nn(Cc4ccccc4C)c(=O)c32)cc1C. The third kappa shape index (κ3) is 2.95. The van der Waals surface area contributed by atoms with E-state index < -0.39 is 0 Å². The van der Waals surface area contributed by atoms with Crippen LogP contribution >= 0.6 is 0 Å². The van der Waals surface area contributed by atoms with E-state index in [1.54, 1.807) is 15.6 Å². The van der Waals surface area contributed by atoms with Gasteiger partial charge in [0, 0.05) is 5.39 Å². The van der Waals surface area contributed by atoms with Gasteiger partial charge in [0.2, 0.25) is 0 Å². The minimum absolute atomic E-state index is 0.130. The summed E-state index contributed by atoms with van der Waals surface area (Å²) in [6, 6.07) is 14.2. The van der Waals surface area contributed by atoms with Gasteiger partial charge in [-0.25, -0.2) is 9.36 Å². The molecule has 0 saturated carbocycles. The average Bonchev–Trinajstić information content (AvgIpc) is 3.09. The third-order valence-corrected chi connectivity index (χ3v) is 5.18. The van der Waals surface area contributed by atoms with Crippen molar-refractivity contribution in [3.8, 4) is 5.69 Å². The topological polar surface area (TPSA) is 52.7 Å². The molecule has 0 atom stereocenters. The lowest BCUT2D eigenvalue weighted by Crippen LogP contribution is -2.26. The lowest BCUT2D eigenvalue weighted by molar-refractivity contribution is 0.632. The van der Waals surface area contributed by atoms with Gasteiger partial charge in [0.25, 0.3) is 5.56 Å². The molecule has 2 aromatic heterocycles. The fourth-order valence-electron chi connectivity index (χ4n) is 3.33. The fraction of sp³-hybridized carbons (Fsp3) is 0.227. The Hall–Kier alpha value is -3.21. The van der Waals surface area contributed by atoms with Gasteiger partial charge in [-0.3, -0.25) is 4.79 Å². The summed E-state index contributed by atoms with van der Waals surface area (Å²) in [5.74, 6) is 0. The standard InChI is InChI=1S/C22H22N4O/c1-14-9-10-19(11-16(14)3)26-21-20(12-23-26)17(4)24-25(22(21)27)13-18-8-6-5-7-15(18)2/h5-12H,13H2,1-4H3. The quantitative estimate of drug-likeness (QED) is 0.559. The zero-order valence-corrected chi connectivity index (χ0v) is 16.0. The molecule has 0 saturated heterocycles. The molecule has 0 aliphatic heterocycles. The molecule has 0 bridgehead atoms. The molecule has 0 fully saturated rings. The minimum Gasteiger partial charge on any atom is -0.265 e. The number of rotatable bonds is 3. The zero-order chi connectivity index (χ0) is 19.1. The smallest absolute Gasteiger partial charge is 0.265 e. The van der Waals surface area contributed by atoms with Crippen LogP contribution in [0.1, 0.15) is 27.9 Å². The van der Waals surface area contributed by atoms with E-state index in [-0.39, 0.29) is 5.56 Å². The van der Waals surface area contributed by atoms with Gasteiger partial charge in [0.05, 0.1) is 24.1 Å². The van der Waals surface area contributed by atoms with Crippen LogP contribution in [0.4, 0.5) is 0 Å². The zero-order valence-electron chi connectivity index (χ0n) is 16.0. The molecule has 0 aliphatic rings. The van der Waals surface area contributed by atoms with Crippen molar-refractivity contribution in [2.75, 3.05) is 0 Å². The molecule has 0 radical (unpaired) electrons. The molecule has 0 unspecified atom stereocenters. The number of benzene rings is 2. The Bertz CT molecular complexity index is 1220. The lowest BCUT2D eigenvalue weighted by atomic mass is 10.1. The van der Waals surface area contributed by atoms with Crippen LogP contribution < -0.4 is 5.56 Å². The predicted octanol–water partition coefficient (Wildman–Crippen LogP) is 3.86. The number of hydrogen-bond donors (Lipinski definition) is 0.